The van der Waals surface area contributed by atoms with Crippen molar-refractivity contribution in [1.82, 2.24) is 0 Å². The maximum atomic E-state index is 12.7. The molecule has 8 nitrogen and oxygen atoms in total. The second kappa shape index (κ2) is 35.1. The van der Waals surface area contributed by atoms with Gasteiger partial charge in [-0.3, -0.25) is 9.59 Å². The summed E-state index contributed by atoms with van der Waals surface area (Å²) in [6.45, 7) is 4.73. The molecule has 0 rings (SSSR count). The predicted molar refractivity (Wildman–Crippen MR) is 211 cm³/mol. The number of carbonyl (C=O) groups is 3. The number of carboxylic acid groups (broad SMARTS) is 1. The molecule has 0 amide bonds. The van der Waals surface area contributed by atoms with Gasteiger partial charge in [0.2, 0.25) is 0 Å². The molecule has 0 saturated carbocycles. The summed E-state index contributed by atoms with van der Waals surface area (Å²) in [5.41, 5.74) is 0. The minimum atomic E-state index is -0.874. The van der Waals surface area contributed by atoms with Crippen LogP contribution in [0, 0.1) is 0 Å². The molecule has 0 aliphatic heterocycles. The van der Waals surface area contributed by atoms with Gasteiger partial charge >= 0.3 is 17.9 Å². The molecule has 2 unspecified atom stereocenters. The van der Waals surface area contributed by atoms with Crippen molar-refractivity contribution in [3.63, 3.8) is 0 Å². The molecular formula is C43H82NO7+. The first kappa shape index (κ1) is 49.1. The molecule has 0 aromatic rings. The van der Waals surface area contributed by atoms with Gasteiger partial charge in [0, 0.05) is 19.3 Å². The van der Waals surface area contributed by atoms with Crippen LogP contribution in [0.25, 0.3) is 0 Å². The van der Waals surface area contributed by atoms with Gasteiger partial charge in [-0.2, -0.15) is 0 Å². The smallest absolute Gasteiger partial charge is 0.362 e. The second-order valence-corrected chi connectivity index (χ2v) is 15.6. The number of rotatable bonds is 38. The van der Waals surface area contributed by atoms with Crippen LogP contribution in [0.4, 0.5) is 0 Å². The van der Waals surface area contributed by atoms with Crippen molar-refractivity contribution in [3.8, 4) is 0 Å². The Bertz CT molecular complexity index is 854. The summed E-state index contributed by atoms with van der Waals surface area (Å²) in [4.78, 5) is 36.8. The van der Waals surface area contributed by atoms with Gasteiger partial charge in [0.15, 0.2) is 12.1 Å². The van der Waals surface area contributed by atoms with E-state index in [9.17, 15) is 19.5 Å². The number of ether oxygens (including phenoxy) is 3. The van der Waals surface area contributed by atoms with E-state index in [0.717, 1.165) is 38.5 Å². The minimum Gasteiger partial charge on any atom is -0.477 e. The Morgan fingerprint density at radius 3 is 1.41 bits per heavy atom. The van der Waals surface area contributed by atoms with Gasteiger partial charge in [-0.1, -0.05) is 148 Å². The van der Waals surface area contributed by atoms with Crippen LogP contribution in [0.2, 0.25) is 0 Å². The maximum Gasteiger partial charge on any atom is 0.362 e. The van der Waals surface area contributed by atoms with E-state index >= 15 is 0 Å². The summed E-state index contributed by atoms with van der Waals surface area (Å²) < 4.78 is 17.2. The number of nitrogens with zero attached hydrogens (tertiary/aromatic N) is 1. The molecule has 0 saturated heterocycles. The average molecular weight is 725 g/mol. The van der Waals surface area contributed by atoms with Crippen molar-refractivity contribution in [2.75, 3.05) is 41.0 Å². The summed E-state index contributed by atoms with van der Waals surface area (Å²) in [7, 11) is 5.53. The number of hydrogen-bond donors (Lipinski definition) is 1. The topological polar surface area (TPSA) is 99.1 Å². The van der Waals surface area contributed by atoms with Crippen LogP contribution in [-0.2, 0) is 28.6 Å². The summed E-state index contributed by atoms with van der Waals surface area (Å²) in [5, 5.41) is 9.59. The summed E-state index contributed by atoms with van der Waals surface area (Å²) in [5.74, 6) is -1.46. The third kappa shape index (κ3) is 33.6. The second-order valence-electron chi connectivity index (χ2n) is 15.6. The Labute approximate surface area is 314 Å². The van der Waals surface area contributed by atoms with Crippen LogP contribution in [0.15, 0.2) is 12.2 Å². The number of hydrogen-bond acceptors (Lipinski definition) is 6. The maximum absolute atomic E-state index is 12.7. The van der Waals surface area contributed by atoms with E-state index in [0.29, 0.717) is 19.3 Å². The molecule has 0 aliphatic carbocycles. The third-order valence-corrected chi connectivity index (χ3v) is 9.66. The molecule has 0 radical (unpaired) electrons. The monoisotopic (exact) mass is 725 g/mol. The highest BCUT2D eigenvalue weighted by molar-refractivity contribution is 5.72. The lowest BCUT2D eigenvalue weighted by Gasteiger charge is -2.31. The van der Waals surface area contributed by atoms with Gasteiger partial charge in [0.1, 0.15) is 6.61 Å². The molecule has 1 N–H and O–H groups in total. The molecule has 0 aliphatic rings. The van der Waals surface area contributed by atoms with Crippen LogP contribution >= 0.6 is 0 Å². The molecule has 0 spiro atoms. The minimum absolute atomic E-state index is 0.0474. The number of carbonyl (C=O) groups excluding carboxylic acids is 2. The zero-order chi connectivity index (χ0) is 37.8. The molecule has 0 bridgehead atoms. The molecule has 51 heavy (non-hydrogen) atoms. The van der Waals surface area contributed by atoms with E-state index < -0.39 is 18.1 Å². The van der Waals surface area contributed by atoms with Crippen LogP contribution in [0.3, 0.4) is 0 Å². The number of allylic oxidation sites excluding steroid dienone is 2. The summed E-state index contributed by atoms with van der Waals surface area (Å²) in [6.07, 6.45) is 35.3. The molecule has 300 valence electrons. The lowest BCUT2D eigenvalue weighted by atomic mass is 10.1. The van der Waals surface area contributed by atoms with Crippen molar-refractivity contribution in [1.29, 1.82) is 0 Å². The Morgan fingerprint density at radius 1 is 0.569 bits per heavy atom. The number of unbranched alkanes of at least 4 members (excludes halogenated alkanes) is 22. The van der Waals surface area contributed by atoms with E-state index in [1.54, 1.807) is 0 Å². The SMILES string of the molecule is CCCCCCCC/C=C\CCCCCCCCCC(=O)OC(COCCC(C(=O)O)[N+](C)(C)C)COC(=O)CCCCCCCCCCCC. The van der Waals surface area contributed by atoms with Crippen LogP contribution in [0.5, 0.6) is 0 Å². The lowest BCUT2D eigenvalue weighted by Crippen LogP contribution is -2.50. The summed E-state index contributed by atoms with van der Waals surface area (Å²) >= 11 is 0. The van der Waals surface area contributed by atoms with Gasteiger partial charge in [0.25, 0.3) is 0 Å². The zero-order valence-electron chi connectivity index (χ0n) is 34.1. The summed E-state index contributed by atoms with van der Waals surface area (Å²) in [6, 6.07) is -0.610. The highest BCUT2D eigenvalue weighted by Crippen LogP contribution is 2.14. The van der Waals surface area contributed by atoms with E-state index in [1.165, 1.54) is 122 Å². The Balaban J connectivity index is 4.32. The van der Waals surface area contributed by atoms with Gasteiger partial charge in [-0.05, 0) is 38.5 Å². The fraction of sp³-hybridized carbons (Fsp3) is 0.884. The number of quaternary nitrogens is 1. The first-order valence-corrected chi connectivity index (χ1v) is 21.2. The molecular weight excluding hydrogens is 642 g/mol. The van der Waals surface area contributed by atoms with Gasteiger partial charge in [-0.25, -0.2) is 4.79 Å². The highest BCUT2D eigenvalue weighted by Gasteiger charge is 2.31. The largest absolute Gasteiger partial charge is 0.477 e. The van der Waals surface area contributed by atoms with E-state index in [4.69, 9.17) is 14.2 Å². The zero-order valence-corrected chi connectivity index (χ0v) is 34.1. The molecule has 0 aromatic carbocycles. The molecule has 0 heterocycles. The molecule has 0 fully saturated rings. The fourth-order valence-corrected chi connectivity index (χ4v) is 6.32. The average Bonchev–Trinajstić information content (AvgIpc) is 3.08. The van der Waals surface area contributed by atoms with Gasteiger partial charge in [-0.15, -0.1) is 0 Å². The van der Waals surface area contributed by atoms with Crippen LogP contribution in [0.1, 0.15) is 194 Å². The predicted octanol–water partition coefficient (Wildman–Crippen LogP) is 11.1. The highest BCUT2D eigenvalue weighted by atomic mass is 16.6. The van der Waals surface area contributed by atoms with E-state index in [-0.39, 0.29) is 36.2 Å². The number of likely N-dealkylation sites (N-methyl/N-ethyl adjacent to an activating group) is 1. The quantitative estimate of drug-likeness (QED) is 0.0293. The number of aliphatic carboxylic acids is 1. The number of carboxylic acids is 1. The Kier molecular flexibility index (Phi) is 33.8. The van der Waals surface area contributed by atoms with Crippen LogP contribution in [-0.4, -0.2) is 80.6 Å². The lowest BCUT2D eigenvalue weighted by molar-refractivity contribution is -0.887. The molecule has 8 heteroatoms. The van der Waals surface area contributed by atoms with Crippen molar-refractivity contribution < 1.29 is 38.2 Å². The van der Waals surface area contributed by atoms with E-state index in [1.807, 2.05) is 21.1 Å². The Hall–Kier alpha value is -1.93. The van der Waals surface area contributed by atoms with E-state index in [2.05, 4.69) is 26.0 Å². The first-order valence-electron chi connectivity index (χ1n) is 21.2. The van der Waals surface area contributed by atoms with Crippen molar-refractivity contribution in [3.05, 3.63) is 12.2 Å². The van der Waals surface area contributed by atoms with Crippen molar-refractivity contribution >= 4 is 17.9 Å². The first-order chi connectivity index (χ1) is 24.6. The van der Waals surface area contributed by atoms with Crippen molar-refractivity contribution in [2.24, 2.45) is 0 Å². The Morgan fingerprint density at radius 2 is 0.980 bits per heavy atom. The van der Waals surface area contributed by atoms with Crippen molar-refractivity contribution in [2.45, 2.75) is 206 Å². The van der Waals surface area contributed by atoms with Gasteiger partial charge < -0.3 is 23.8 Å². The molecule has 0 aromatic heterocycles. The standard InChI is InChI=1S/C43H81NO7/c1-6-8-10-12-14-16-18-19-20-21-22-23-24-26-28-30-32-34-42(46)51-39(37-49-36-35-40(43(47)48)44(3,4)5)38-50-41(45)33-31-29-27-25-17-15-13-11-9-7-2/h19-20,39-40H,6-18,21-38H2,1-5H3/p+1/b20-19-. The van der Waals surface area contributed by atoms with Crippen LogP contribution < -0.4 is 0 Å². The fourth-order valence-electron chi connectivity index (χ4n) is 6.32. The van der Waals surface area contributed by atoms with Gasteiger partial charge in [0.05, 0.1) is 34.4 Å². The third-order valence-electron chi connectivity index (χ3n) is 9.66. The molecule has 2 atom stereocenters. The number of esters is 2. The normalized spacial score (nSPS) is 13.0.